The Balaban J connectivity index is 1.90. The van der Waals surface area contributed by atoms with Crippen LogP contribution in [0.1, 0.15) is 0 Å². The van der Waals surface area contributed by atoms with E-state index in [1.165, 1.54) is 24.5 Å². The topological polar surface area (TPSA) is 99.5 Å². The zero-order chi connectivity index (χ0) is 14.3. The molecule has 3 rings (SSSR count). The van der Waals surface area contributed by atoms with Gasteiger partial charge in [-0.2, -0.15) is 9.49 Å². The fraction of sp³-hybridized carbons (Fsp3) is 0.200. The lowest BCUT2D eigenvalue weighted by molar-refractivity contribution is 0.504. The molecule has 0 amide bonds. The summed E-state index contributed by atoms with van der Waals surface area (Å²) in [5, 5.41) is 15.4. The highest BCUT2D eigenvalue weighted by Crippen LogP contribution is 2.27. The van der Waals surface area contributed by atoms with Crippen LogP contribution in [0.25, 0.3) is 10.7 Å². The van der Waals surface area contributed by atoms with Gasteiger partial charge in [-0.25, -0.2) is 9.67 Å². The molecule has 0 unspecified atom stereocenters. The Morgan fingerprint density at radius 2 is 2.15 bits per heavy atom. The third kappa shape index (κ3) is 2.09. The van der Waals surface area contributed by atoms with Crippen LogP contribution in [-0.4, -0.2) is 29.5 Å². The molecule has 10 heteroatoms. The third-order valence-corrected chi connectivity index (χ3v) is 3.50. The number of aromatic nitrogens is 6. The van der Waals surface area contributed by atoms with Crippen LogP contribution in [-0.2, 0) is 14.1 Å². The molecule has 0 saturated carbocycles. The Morgan fingerprint density at radius 3 is 2.75 bits per heavy atom. The van der Waals surface area contributed by atoms with Crippen LogP contribution < -0.4 is 11.1 Å². The summed E-state index contributed by atoms with van der Waals surface area (Å²) in [5.74, 6) is 0.990. The Morgan fingerprint density at radius 1 is 1.35 bits per heavy atom. The molecule has 3 heterocycles. The lowest BCUT2D eigenvalue weighted by Crippen LogP contribution is -2.01. The van der Waals surface area contributed by atoms with Gasteiger partial charge in [0.05, 0.1) is 11.1 Å². The first-order valence-electron chi connectivity index (χ1n) is 5.62. The minimum atomic E-state index is -0.440. The van der Waals surface area contributed by atoms with Gasteiger partial charge in [-0.05, 0) is 0 Å². The van der Waals surface area contributed by atoms with Gasteiger partial charge in [0.1, 0.15) is 0 Å². The molecule has 0 atom stereocenters. The number of halogens is 1. The van der Waals surface area contributed by atoms with E-state index in [2.05, 4.69) is 25.6 Å². The number of anilines is 3. The van der Waals surface area contributed by atoms with E-state index < -0.39 is 5.95 Å². The van der Waals surface area contributed by atoms with Gasteiger partial charge in [-0.1, -0.05) is 11.3 Å². The number of thiazole rings is 1. The Hall–Kier alpha value is -2.49. The molecular weight excluding hydrogens is 283 g/mol. The van der Waals surface area contributed by atoms with E-state index in [1.807, 2.05) is 0 Å². The zero-order valence-electron chi connectivity index (χ0n) is 10.7. The average Bonchev–Trinajstić information content (AvgIpc) is 3.04. The molecule has 0 aliphatic carbocycles. The van der Waals surface area contributed by atoms with Crippen molar-refractivity contribution >= 4 is 28.2 Å². The van der Waals surface area contributed by atoms with Crippen LogP contribution >= 0.6 is 11.3 Å². The van der Waals surface area contributed by atoms with E-state index >= 15 is 0 Å². The molecule has 0 aromatic carbocycles. The Bertz CT molecular complexity index is 738. The molecule has 0 bridgehead atoms. The van der Waals surface area contributed by atoms with Crippen molar-refractivity contribution < 1.29 is 4.39 Å². The minimum absolute atomic E-state index is 0.357. The molecule has 3 aromatic heterocycles. The number of hydrogen-bond donors (Lipinski definition) is 2. The van der Waals surface area contributed by atoms with Crippen LogP contribution in [0.5, 0.6) is 0 Å². The molecule has 0 aliphatic heterocycles. The maximum Gasteiger partial charge on any atom is 0.230 e. The third-order valence-electron chi connectivity index (χ3n) is 2.68. The van der Waals surface area contributed by atoms with Crippen LogP contribution in [0.4, 0.5) is 21.3 Å². The first-order chi connectivity index (χ1) is 9.54. The molecule has 0 spiro atoms. The Kier molecular flexibility index (Phi) is 2.86. The molecule has 0 fully saturated rings. The molecule has 3 aromatic rings. The minimum Gasteiger partial charge on any atom is -0.375 e. The maximum atomic E-state index is 13.2. The SMILES string of the molecule is Cn1nc(Nc2nnc(-c3cnc(N)s3)n2C)cc1F. The number of hydrogen-bond acceptors (Lipinski definition) is 7. The summed E-state index contributed by atoms with van der Waals surface area (Å²) in [6.07, 6.45) is 1.63. The van der Waals surface area contributed by atoms with Crippen LogP contribution in [0.15, 0.2) is 12.3 Å². The van der Waals surface area contributed by atoms with E-state index in [4.69, 9.17) is 5.73 Å². The van der Waals surface area contributed by atoms with Crippen molar-refractivity contribution in [2.24, 2.45) is 14.1 Å². The van der Waals surface area contributed by atoms with E-state index in [0.717, 1.165) is 9.56 Å². The van der Waals surface area contributed by atoms with Crippen LogP contribution in [0, 0.1) is 5.95 Å². The second-order valence-corrected chi connectivity index (χ2v) is 5.13. The van der Waals surface area contributed by atoms with Gasteiger partial charge in [0, 0.05) is 20.2 Å². The number of rotatable bonds is 3. The van der Waals surface area contributed by atoms with Gasteiger partial charge in [0.2, 0.25) is 11.9 Å². The van der Waals surface area contributed by atoms with Gasteiger partial charge in [0.25, 0.3) is 0 Å². The monoisotopic (exact) mass is 294 g/mol. The molecule has 104 valence electrons. The predicted octanol–water partition coefficient (Wildman–Crippen LogP) is 1.14. The van der Waals surface area contributed by atoms with Crippen molar-refractivity contribution in [1.82, 2.24) is 29.5 Å². The molecule has 0 radical (unpaired) electrons. The summed E-state index contributed by atoms with van der Waals surface area (Å²) in [6, 6.07) is 1.28. The molecule has 3 N–H and O–H groups in total. The lowest BCUT2D eigenvalue weighted by Gasteiger charge is -2.02. The van der Waals surface area contributed by atoms with Crippen LogP contribution in [0.2, 0.25) is 0 Å². The highest BCUT2D eigenvalue weighted by Gasteiger charge is 2.14. The maximum absolute atomic E-state index is 13.2. The number of aryl methyl sites for hydroxylation is 1. The van der Waals surface area contributed by atoms with E-state index in [-0.39, 0.29) is 0 Å². The smallest absolute Gasteiger partial charge is 0.230 e. The summed E-state index contributed by atoms with van der Waals surface area (Å²) in [4.78, 5) is 4.78. The van der Waals surface area contributed by atoms with Crippen molar-refractivity contribution in [3.8, 4) is 10.7 Å². The van der Waals surface area contributed by atoms with E-state index in [9.17, 15) is 4.39 Å². The van der Waals surface area contributed by atoms with E-state index in [0.29, 0.717) is 22.7 Å². The zero-order valence-corrected chi connectivity index (χ0v) is 11.5. The van der Waals surface area contributed by atoms with E-state index in [1.54, 1.807) is 17.8 Å². The molecule has 8 nitrogen and oxygen atoms in total. The Labute approximate surface area is 117 Å². The van der Waals surface area contributed by atoms with Gasteiger partial charge in [0.15, 0.2) is 16.8 Å². The summed E-state index contributed by atoms with van der Waals surface area (Å²) >= 11 is 1.32. The van der Waals surface area contributed by atoms with Crippen molar-refractivity contribution in [3.63, 3.8) is 0 Å². The second kappa shape index (κ2) is 4.56. The summed E-state index contributed by atoms with van der Waals surface area (Å²) in [7, 11) is 3.30. The molecule has 0 saturated heterocycles. The van der Waals surface area contributed by atoms with Gasteiger partial charge >= 0.3 is 0 Å². The average molecular weight is 294 g/mol. The number of nitrogens with two attached hydrogens (primary N) is 1. The highest BCUT2D eigenvalue weighted by molar-refractivity contribution is 7.18. The van der Waals surface area contributed by atoms with Crippen molar-refractivity contribution in [2.45, 2.75) is 0 Å². The van der Waals surface area contributed by atoms with Crippen molar-refractivity contribution in [3.05, 3.63) is 18.2 Å². The number of nitrogens with one attached hydrogen (secondary N) is 1. The van der Waals surface area contributed by atoms with Gasteiger partial charge in [-0.15, -0.1) is 10.2 Å². The fourth-order valence-corrected chi connectivity index (χ4v) is 2.37. The summed E-state index contributed by atoms with van der Waals surface area (Å²) in [6.45, 7) is 0. The highest BCUT2D eigenvalue weighted by atomic mass is 32.1. The first-order valence-corrected chi connectivity index (χ1v) is 6.44. The molecule has 20 heavy (non-hydrogen) atoms. The molecular formula is C10H11FN8S. The predicted molar refractivity (Wildman–Crippen MR) is 73.0 cm³/mol. The van der Waals surface area contributed by atoms with Crippen LogP contribution in [0.3, 0.4) is 0 Å². The first kappa shape index (κ1) is 12.5. The van der Waals surface area contributed by atoms with Crippen molar-refractivity contribution in [1.29, 1.82) is 0 Å². The summed E-state index contributed by atoms with van der Waals surface area (Å²) in [5.41, 5.74) is 5.60. The largest absolute Gasteiger partial charge is 0.375 e. The van der Waals surface area contributed by atoms with Gasteiger partial charge in [-0.3, -0.25) is 4.57 Å². The number of nitrogens with zero attached hydrogens (tertiary/aromatic N) is 6. The standard InChI is InChI=1S/C10H11FN8S/c1-18-8(5-4-13-9(12)20-5)15-16-10(18)14-7-3-6(11)19(2)17-7/h3-4H,1-2H3,(H2,12,13)(H,14,16,17). The molecule has 0 aliphatic rings. The second-order valence-electron chi connectivity index (χ2n) is 4.07. The normalized spacial score (nSPS) is 10.9. The number of nitrogen functional groups attached to an aromatic ring is 1. The quantitative estimate of drug-likeness (QED) is 0.751. The van der Waals surface area contributed by atoms with Gasteiger partial charge < -0.3 is 11.1 Å². The lowest BCUT2D eigenvalue weighted by atomic mass is 10.5. The summed E-state index contributed by atoms with van der Waals surface area (Å²) < 4.78 is 16.1. The fourth-order valence-electron chi connectivity index (χ4n) is 1.66. The van der Waals surface area contributed by atoms with Crippen molar-refractivity contribution in [2.75, 3.05) is 11.1 Å².